The van der Waals surface area contributed by atoms with Crippen molar-refractivity contribution in [2.45, 2.75) is 12.1 Å². The van der Waals surface area contributed by atoms with Crippen LogP contribution in [0.5, 0.6) is 0 Å². The highest BCUT2D eigenvalue weighted by Gasteiger charge is 2.38. The van der Waals surface area contributed by atoms with E-state index in [9.17, 15) is 14.7 Å². The highest BCUT2D eigenvalue weighted by Crippen LogP contribution is 2.34. The second-order valence-corrected chi connectivity index (χ2v) is 5.88. The largest absolute Gasteiger partial charge is 0.394 e. The molecule has 6 nitrogen and oxygen atoms in total. The van der Waals surface area contributed by atoms with Crippen LogP contribution in [-0.4, -0.2) is 46.8 Å². The number of aromatic nitrogens is 1. The molecule has 2 atom stereocenters. The zero-order valence-electron chi connectivity index (χ0n) is 12.8. The number of hydrogen-bond acceptors (Lipinski definition) is 4. The van der Waals surface area contributed by atoms with Crippen molar-refractivity contribution in [2.24, 2.45) is 0 Å². The Hall–Kier alpha value is -2.15. The normalized spacial score (nSPS) is 20.8. The Morgan fingerprint density at radius 1 is 1.33 bits per heavy atom. The number of benzene rings is 1. The number of H-pyrrole nitrogens is 1. The second kappa shape index (κ2) is 7.17. The van der Waals surface area contributed by atoms with Crippen molar-refractivity contribution in [3.63, 3.8) is 0 Å². The molecule has 2 N–H and O–H groups in total. The van der Waals surface area contributed by atoms with Gasteiger partial charge < -0.3 is 19.7 Å². The van der Waals surface area contributed by atoms with E-state index in [-0.39, 0.29) is 18.8 Å². The van der Waals surface area contributed by atoms with E-state index in [1.54, 1.807) is 24.3 Å². The molecule has 0 radical (unpaired) electrons. The van der Waals surface area contributed by atoms with E-state index in [0.29, 0.717) is 17.1 Å². The number of rotatable bonds is 3. The number of carbonyl (C=O) groups is 1. The Kier molecular flexibility index (Phi) is 4.99. The number of carbonyl (C=O) groups excluding carboxylic acids is 1. The Labute approximate surface area is 143 Å². The SMILES string of the molecule is O=C(c1ccc[nH]c1=O)N1CCO[C@@H](CO)[C@@H]1c1ccccc1Cl. The summed E-state index contributed by atoms with van der Waals surface area (Å²) in [5.74, 6) is -0.413. The molecule has 126 valence electrons. The number of pyridine rings is 1. The van der Waals surface area contributed by atoms with E-state index >= 15 is 0 Å². The molecule has 1 aromatic carbocycles. The summed E-state index contributed by atoms with van der Waals surface area (Å²) in [5, 5.41) is 10.1. The van der Waals surface area contributed by atoms with Gasteiger partial charge in [0.05, 0.1) is 19.3 Å². The van der Waals surface area contributed by atoms with Gasteiger partial charge in [0.1, 0.15) is 11.7 Å². The van der Waals surface area contributed by atoms with Crippen LogP contribution in [0.3, 0.4) is 0 Å². The van der Waals surface area contributed by atoms with E-state index < -0.39 is 23.6 Å². The number of nitrogens with one attached hydrogen (secondary N) is 1. The summed E-state index contributed by atoms with van der Waals surface area (Å²) in [6.45, 7) is 0.326. The van der Waals surface area contributed by atoms with Crippen LogP contribution in [0.15, 0.2) is 47.4 Å². The van der Waals surface area contributed by atoms with E-state index in [0.717, 1.165) is 0 Å². The number of aliphatic hydroxyl groups is 1. The summed E-state index contributed by atoms with van der Waals surface area (Å²) in [6, 6.07) is 9.62. The number of aliphatic hydroxyl groups excluding tert-OH is 1. The molecule has 1 aliphatic rings. The van der Waals surface area contributed by atoms with Crippen molar-refractivity contribution in [3.05, 3.63) is 69.1 Å². The molecule has 0 aliphatic carbocycles. The third kappa shape index (κ3) is 3.08. The van der Waals surface area contributed by atoms with Gasteiger partial charge in [-0.1, -0.05) is 29.8 Å². The lowest BCUT2D eigenvalue weighted by Gasteiger charge is -2.41. The van der Waals surface area contributed by atoms with Crippen LogP contribution in [0, 0.1) is 0 Å². The maximum Gasteiger partial charge on any atom is 0.260 e. The average Bonchev–Trinajstić information content (AvgIpc) is 2.61. The number of nitrogens with zero attached hydrogens (tertiary/aromatic N) is 1. The zero-order valence-corrected chi connectivity index (χ0v) is 13.6. The fourth-order valence-corrected chi connectivity index (χ4v) is 3.19. The lowest BCUT2D eigenvalue weighted by molar-refractivity contribution is -0.0811. The van der Waals surface area contributed by atoms with Crippen LogP contribution >= 0.6 is 11.6 Å². The lowest BCUT2D eigenvalue weighted by atomic mass is 9.97. The first-order valence-electron chi connectivity index (χ1n) is 7.59. The number of halogens is 1. The minimum atomic E-state index is -0.606. The van der Waals surface area contributed by atoms with Gasteiger partial charge in [0.2, 0.25) is 0 Å². The maximum atomic E-state index is 12.9. The van der Waals surface area contributed by atoms with Crippen molar-refractivity contribution in [3.8, 4) is 0 Å². The van der Waals surface area contributed by atoms with Crippen molar-refractivity contribution in [2.75, 3.05) is 19.8 Å². The van der Waals surface area contributed by atoms with E-state index in [1.165, 1.54) is 17.2 Å². The molecule has 0 bridgehead atoms. The lowest BCUT2D eigenvalue weighted by Crippen LogP contribution is -2.50. The summed E-state index contributed by atoms with van der Waals surface area (Å²) in [6.07, 6.45) is 0.867. The molecule has 0 saturated carbocycles. The van der Waals surface area contributed by atoms with Crippen LogP contribution < -0.4 is 5.56 Å². The summed E-state index contributed by atoms with van der Waals surface area (Å²) in [5.41, 5.74) is 0.277. The van der Waals surface area contributed by atoms with Crippen LogP contribution in [-0.2, 0) is 4.74 Å². The summed E-state index contributed by atoms with van der Waals surface area (Å²) < 4.78 is 5.61. The minimum Gasteiger partial charge on any atom is -0.394 e. The fraction of sp³-hybridized carbons (Fsp3) is 0.294. The molecular formula is C17H17ClN2O4. The van der Waals surface area contributed by atoms with E-state index in [2.05, 4.69) is 4.98 Å². The molecule has 1 aliphatic heterocycles. The van der Waals surface area contributed by atoms with Crippen molar-refractivity contribution < 1.29 is 14.6 Å². The van der Waals surface area contributed by atoms with Crippen LogP contribution in [0.1, 0.15) is 22.0 Å². The molecule has 3 rings (SSSR count). The molecule has 2 aromatic rings. The Balaban J connectivity index is 2.04. The Morgan fingerprint density at radius 2 is 2.12 bits per heavy atom. The molecule has 1 fully saturated rings. The highest BCUT2D eigenvalue weighted by atomic mass is 35.5. The topological polar surface area (TPSA) is 82.6 Å². The molecule has 0 spiro atoms. The van der Waals surface area contributed by atoms with Gasteiger partial charge in [-0.25, -0.2) is 0 Å². The minimum absolute atomic E-state index is 0.0492. The van der Waals surface area contributed by atoms with Crippen LogP contribution in [0.4, 0.5) is 0 Å². The zero-order chi connectivity index (χ0) is 17.1. The first-order chi connectivity index (χ1) is 11.6. The van der Waals surface area contributed by atoms with E-state index in [4.69, 9.17) is 16.3 Å². The van der Waals surface area contributed by atoms with Crippen molar-refractivity contribution in [1.29, 1.82) is 0 Å². The molecule has 1 amide bonds. The molecular weight excluding hydrogens is 332 g/mol. The third-order valence-electron chi connectivity index (χ3n) is 4.07. The second-order valence-electron chi connectivity index (χ2n) is 5.47. The standard InChI is InChI=1S/C17H17ClN2O4/c18-13-6-2-1-4-11(13)15-14(10-21)24-9-8-20(15)17(23)12-5-3-7-19-16(12)22/h1-7,14-15,21H,8-10H2,(H,19,22)/t14-,15-/m0/s1. The monoisotopic (exact) mass is 348 g/mol. The average molecular weight is 349 g/mol. The first kappa shape index (κ1) is 16.7. The summed E-state index contributed by atoms with van der Waals surface area (Å²) in [7, 11) is 0. The quantitative estimate of drug-likeness (QED) is 0.882. The number of amides is 1. The fourth-order valence-electron chi connectivity index (χ4n) is 2.94. The summed E-state index contributed by atoms with van der Waals surface area (Å²) >= 11 is 6.28. The van der Waals surface area contributed by atoms with Gasteiger partial charge >= 0.3 is 0 Å². The smallest absolute Gasteiger partial charge is 0.260 e. The van der Waals surface area contributed by atoms with Gasteiger partial charge in [0, 0.05) is 17.8 Å². The number of ether oxygens (including phenoxy) is 1. The molecule has 7 heteroatoms. The van der Waals surface area contributed by atoms with E-state index in [1.807, 2.05) is 6.07 Å². The molecule has 1 aromatic heterocycles. The maximum absolute atomic E-state index is 12.9. The molecule has 0 unspecified atom stereocenters. The summed E-state index contributed by atoms with van der Waals surface area (Å²) in [4.78, 5) is 28.9. The van der Waals surface area contributed by atoms with Crippen molar-refractivity contribution >= 4 is 17.5 Å². The Bertz CT molecular complexity index is 792. The predicted molar refractivity (Wildman–Crippen MR) is 89.1 cm³/mol. The number of aromatic amines is 1. The van der Waals surface area contributed by atoms with Gasteiger partial charge in [0.25, 0.3) is 11.5 Å². The van der Waals surface area contributed by atoms with Gasteiger partial charge in [-0.05, 0) is 23.8 Å². The van der Waals surface area contributed by atoms with Crippen molar-refractivity contribution in [1.82, 2.24) is 9.88 Å². The number of morpholine rings is 1. The van der Waals surface area contributed by atoms with Gasteiger partial charge in [-0.15, -0.1) is 0 Å². The third-order valence-corrected chi connectivity index (χ3v) is 4.41. The predicted octanol–water partition coefficient (Wildman–Crippen LogP) is 1.60. The first-order valence-corrected chi connectivity index (χ1v) is 7.97. The molecule has 1 saturated heterocycles. The molecule has 24 heavy (non-hydrogen) atoms. The molecule has 2 heterocycles. The van der Waals surface area contributed by atoms with Crippen LogP contribution in [0.2, 0.25) is 5.02 Å². The van der Waals surface area contributed by atoms with Gasteiger partial charge in [-0.3, -0.25) is 9.59 Å². The Morgan fingerprint density at radius 3 is 2.83 bits per heavy atom. The number of hydrogen-bond donors (Lipinski definition) is 2. The van der Waals surface area contributed by atoms with Gasteiger partial charge in [0.15, 0.2) is 0 Å². The van der Waals surface area contributed by atoms with Crippen LogP contribution in [0.25, 0.3) is 0 Å². The highest BCUT2D eigenvalue weighted by molar-refractivity contribution is 6.31. The van der Waals surface area contributed by atoms with Gasteiger partial charge in [-0.2, -0.15) is 0 Å².